The number of carbonyl (C=O) groups excluding carboxylic acids is 1. The summed E-state index contributed by atoms with van der Waals surface area (Å²) in [5, 5.41) is 4.79. The molecule has 6 nitrogen and oxygen atoms in total. The standard InChI is InChI=1S/C9H20N2O4S/c1-4-5-6-8(15-16(10,13)14)7-9(12)11(2)3/h8H,4-7H2,1-3H3,(H2,10,13,14). The lowest BCUT2D eigenvalue weighted by atomic mass is 10.1. The molecule has 0 bridgehead atoms. The predicted octanol–water partition coefficient (Wildman–Crippen LogP) is 0.244. The molecular formula is C9H20N2O4S. The van der Waals surface area contributed by atoms with Gasteiger partial charge in [-0.25, -0.2) is 5.14 Å². The van der Waals surface area contributed by atoms with E-state index >= 15 is 0 Å². The van der Waals surface area contributed by atoms with Gasteiger partial charge in [0.25, 0.3) is 0 Å². The highest BCUT2D eigenvalue weighted by Crippen LogP contribution is 2.11. The van der Waals surface area contributed by atoms with E-state index in [1.807, 2.05) is 6.92 Å². The van der Waals surface area contributed by atoms with Crippen LogP contribution >= 0.6 is 0 Å². The van der Waals surface area contributed by atoms with Gasteiger partial charge in [-0.2, -0.15) is 8.42 Å². The summed E-state index contributed by atoms with van der Waals surface area (Å²) >= 11 is 0. The number of hydrogen-bond acceptors (Lipinski definition) is 4. The van der Waals surface area contributed by atoms with Crippen molar-refractivity contribution in [2.45, 2.75) is 38.7 Å². The van der Waals surface area contributed by atoms with Crippen LogP contribution in [-0.4, -0.2) is 39.4 Å². The summed E-state index contributed by atoms with van der Waals surface area (Å²) in [5.74, 6) is -0.176. The van der Waals surface area contributed by atoms with Gasteiger partial charge in [-0.15, -0.1) is 0 Å². The van der Waals surface area contributed by atoms with Crippen LogP contribution in [0.2, 0.25) is 0 Å². The Kier molecular flexibility index (Phi) is 6.54. The minimum atomic E-state index is -4.00. The van der Waals surface area contributed by atoms with Gasteiger partial charge in [0, 0.05) is 14.1 Å². The van der Waals surface area contributed by atoms with Gasteiger partial charge in [0.2, 0.25) is 5.91 Å². The van der Waals surface area contributed by atoms with Crippen LogP contribution in [0.1, 0.15) is 32.6 Å². The zero-order valence-corrected chi connectivity index (χ0v) is 10.8. The monoisotopic (exact) mass is 252 g/mol. The van der Waals surface area contributed by atoms with Gasteiger partial charge in [0.1, 0.15) is 0 Å². The lowest BCUT2D eigenvalue weighted by Gasteiger charge is -2.17. The third-order valence-corrected chi connectivity index (χ3v) is 2.59. The molecular weight excluding hydrogens is 232 g/mol. The molecule has 0 heterocycles. The maximum Gasteiger partial charge on any atom is 0.333 e. The van der Waals surface area contributed by atoms with Crippen LogP contribution in [0, 0.1) is 0 Å². The Morgan fingerprint density at radius 1 is 1.44 bits per heavy atom. The summed E-state index contributed by atoms with van der Waals surface area (Å²) in [4.78, 5) is 12.8. The van der Waals surface area contributed by atoms with Crippen LogP contribution < -0.4 is 5.14 Å². The molecule has 1 amide bonds. The molecule has 1 atom stereocenters. The molecule has 0 saturated carbocycles. The Bertz CT molecular complexity index is 313. The van der Waals surface area contributed by atoms with Crippen molar-refractivity contribution in [3.05, 3.63) is 0 Å². The predicted molar refractivity (Wildman–Crippen MR) is 60.8 cm³/mol. The number of amides is 1. The molecule has 0 rings (SSSR count). The average molecular weight is 252 g/mol. The summed E-state index contributed by atoms with van der Waals surface area (Å²) in [6.45, 7) is 1.97. The molecule has 0 spiro atoms. The van der Waals surface area contributed by atoms with Crippen molar-refractivity contribution in [3.8, 4) is 0 Å². The smallest absolute Gasteiger partial charge is 0.333 e. The number of nitrogens with two attached hydrogens (primary N) is 1. The number of unbranched alkanes of at least 4 members (excludes halogenated alkanes) is 1. The number of hydrogen-bond donors (Lipinski definition) is 1. The van der Waals surface area contributed by atoms with E-state index in [1.165, 1.54) is 4.90 Å². The maximum absolute atomic E-state index is 11.4. The highest BCUT2D eigenvalue weighted by Gasteiger charge is 2.20. The van der Waals surface area contributed by atoms with E-state index in [0.717, 1.165) is 12.8 Å². The third-order valence-electron chi connectivity index (χ3n) is 2.05. The molecule has 0 saturated heterocycles. The number of rotatable bonds is 7. The topological polar surface area (TPSA) is 89.7 Å². The Labute approximate surface area is 97.0 Å². The van der Waals surface area contributed by atoms with Gasteiger partial charge in [-0.1, -0.05) is 19.8 Å². The van der Waals surface area contributed by atoms with Crippen molar-refractivity contribution in [1.82, 2.24) is 4.90 Å². The van der Waals surface area contributed by atoms with Crippen molar-refractivity contribution in [2.75, 3.05) is 14.1 Å². The lowest BCUT2D eigenvalue weighted by Crippen LogP contribution is -2.31. The Balaban J connectivity index is 4.37. The molecule has 0 aliphatic carbocycles. The van der Waals surface area contributed by atoms with Crippen molar-refractivity contribution < 1.29 is 17.4 Å². The molecule has 0 aromatic heterocycles. The summed E-state index contributed by atoms with van der Waals surface area (Å²) < 4.78 is 26.2. The molecule has 2 N–H and O–H groups in total. The second-order valence-corrected chi connectivity index (χ2v) is 5.02. The summed E-state index contributed by atoms with van der Waals surface area (Å²) in [7, 11) is -0.781. The fraction of sp³-hybridized carbons (Fsp3) is 0.889. The van der Waals surface area contributed by atoms with Gasteiger partial charge in [0.15, 0.2) is 0 Å². The van der Waals surface area contributed by atoms with E-state index < -0.39 is 16.4 Å². The molecule has 0 aliphatic rings. The second kappa shape index (κ2) is 6.82. The van der Waals surface area contributed by atoms with Crippen LogP contribution in [0.25, 0.3) is 0 Å². The quantitative estimate of drug-likeness (QED) is 0.703. The van der Waals surface area contributed by atoms with Gasteiger partial charge in [-0.05, 0) is 6.42 Å². The molecule has 0 aromatic carbocycles. The van der Waals surface area contributed by atoms with Gasteiger partial charge in [0.05, 0.1) is 12.5 Å². The first kappa shape index (κ1) is 15.3. The fourth-order valence-electron chi connectivity index (χ4n) is 1.18. The molecule has 1 unspecified atom stereocenters. The summed E-state index contributed by atoms with van der Waals surface area (Å²) in [5.41, 5.74) is 0. The minimum absolute atomic E-state index is 0.0312. The summed E-state index contributed by atoms with van der Waals surface area (Å²) in [6, 6.07) is 0. The normalized spacial score (nSPS) is 13.5. The first-order chi connectivity index (χ1) is 7.26. The molecule has 0 aromatic rings. The van der Waals surface area contributed by atoms with Crippen molar-refractivity contribution in [1.29, 1.82) is 0 Å². The van der Waals surface area contributed by atoms with Crippen LogP contribution in [0.4, 0.5) is 0 Å². The van der Waals surface area contributed by atoms with Gasteiger partial charge >= 0.3 is 10.3 Å². The highest BCUT2D eigenvalue weighted by atomic mass is 32.2. The number of nitrogens with zero attached hydrogens (tertiary/aromatic N) is 1. The van der Waals surface area contributed by atoms with Gasteiger partial charge in [-0.3, -0.25) is 8.98 Å². The third kappa shape index (κ3) is 7.61. The maximum atomic E-state index is 11.4. The Hall–Kier alpha value is -0.660. The SMILES string of the molecule is CCCCC(CC(=O)N(C)C)OS(N)(=O)=O. The largest absolute Gasteiger partial charge is 0.349 e. The van der Waals surface area contributed by atoms with E-state index in [9.17, 15) is 13.2 Å². The molecule has 0 fully saturated rings. The van der Waals surface area contributed by atoms with Crippen LogP contribution in [-0.2, 0) is 19.3 Å². The fourth-order valence-corrected chi connectivity index (χ4v) is 1.73. The summed E-state index contributed by atoms with van der Waals surface area (Å²) in [6.07, 6.45) is 1.57. The van der Waals surface area contributed by atoms with Crippen LogP contribution in [0.5, 0.6) is 0 Å². The first-order valence-corrected chi connectivity index (χ1v) is 6.64. The van der Waals surface area contributed by atoms with Crippen molar-refractivity contribution in [3.63, 3.8) is 0 Å². The Morgan fingerprint density at radius 2 is 2.00 bits per heavy atom. The lowest BCUT2D eigenvalue weighted by molar-refractivity contribution is -0.130. The number of carbonyl (C=O) groups is 1. The highest BCUT2D eigenvalue weighted by molar-refractivity contribution is 7.84. The van der Waals surface area contributed by atoms with E-state index in [4.69, 9.17) is 5.14 Å². The molecule has 96 valence electrons. The van der Waals surface area contributed by atoms with E-state index in [1.54, 1.807) is 14.1 Å². The zero-order valence-electron chi connectivity index (χ0n) is 9.97. The molecule has 7 heteroatoms. The molecule has 0 aliphatic heterocycles. The first-order valence-electron chi connectivity index (χ1n) is 5.17. The van der Waals surface area contributed by atoms with Crippen molar-refractivity contribution >= 4 is 16.2 Å². The zero-order chi connectivity index (χ0) is 12.8. The van der Waals surface area contributed by atoms with Crippen LogP contribution in [0.15, 0.2) is 0 Å². The molecule has 16 heavy (non-hydrogen) atoms. The molecule has 0 radical (unpaired) electrons. The van der Waals surface area contributed by atoms with Crippen LogP contribution in [0.3, 0.4) is 0 Å². The van der Waals surface area contributed by atoms with Crippen molar-refractivity contribution in [2.24, 2.45) is 5.14 Å². The minimum Gasteiger partial charge on any atom is -0.349 e. The Morgan fingerprint density at radius 3 is 2.38 bits per heavy atom. The van der Waals surface area contributed by atoms with E-state index in [0.29, 0.717) is 6.42 Å². The van der Waals surface area contributed by atoms with E-state index in [-0.39, 0.29) is 12.3 Å². The average Bonchev–Trinajstić information content (AvgIpc) is 2.11. The van der Waals surface area contributed by atoms with Gasteiger partial charge < -0.3 is 4.90 Å². The second-order valence-electron chi connectivity index (χ2n) is 3.85. The van der Waals surface area contributed by atoms with E-state index in [2.05, 4.69) is 4.18 Å².